The molecule has 0 aliphatic carbocycles. The van der Waals surface area contributed by atoms with Crippen molar-refractivity contribution in [1.82, 2.24) is 19.8 Å². The van der Waals surface area contributed by atoms with Gasteiger partial charge in [-0.1, -0.05) is 18.2 Å². The summed E-state index contributed by atoms with van der Waals surface area (Å²) >= 11 is 1.68. The molecule has 0 saturated carbocycles. The molecule has 1 aromatic carbocycles. The van der Waals surface area contributed by atoms with Crippen LogP contribution >= 0.6 is 11.3 Å². The number of hydrogen-bond acceptors (Lipinski definition) is 5. The van der Waals surface area contributed by atoms with E-state index in [9.17, 15) is 0 Å². The Labute approximate surface area is 142 Å². The zero-order valence-corrected chi connectivity index (χ0v) is 13.7. The lowest BCUT2D eigenvalue weighted by Gasteiger charge is -2.04. The molecule has 4 aromatic rings. The Bertz CT molecular complexity index is 1020. The predicted molar refractivity (Wildman–Crippen MR) is 92.5 cm³/mol. The van der Waals surface area contributed by atoms with E-state index in [0.29, 0.717) is 6.42 Å². The van der Waals surface area contributed by atoms with Crippen molar-refractivity contribution in [2.24, 2.45) is 0 Å². The van der Waals surface area contributed by atoms with Crippen LogP contribution in [0.25, 0.3) is 16.2 Å². The third-order valence-electron chi connectivity index (χ3n) is 4.22. The number of benzene rings is 1. The Morgan fingerprint density at radius 2 is 2.12 bits per heavy atom. The zero-order valence-electron chi connectivity index (χ0n) is 12.8. The first-order valence-electron chi connectivity index (χ1n) is 7.87. The Kier molecular flexibility index (Phi) is 3.09. The summed E-state index contributed by atoms with van der Waals surface area (Å²) in [6.07, 6.45) is 1.68. The van der Waals surface area contributed by atoms with Crippen LogP contribution in [-0.4, -0.2) is 26.4 Å². The smallest absolute Gasteiger partial charge is 0.177 e. The molecule has 4 heterocycles. The molecular weight excluding hydrogens is 320 g/mol. The number of aromatic nitrogens is 4. The second-order valence-corrected chi connectivity index (χ2v) is 6.75. The fourth-order valence-corrected chi connectivity index (χ4v) is 3.72. The zero-order chi connectivity index (χ0) is 15.9. The van der Waals surface area contributed by atoms with Crippen molar-refractivity contribution in [3.63, 3.8) is 0 Å². The Balaban J connectivity index is 1.53. The van der Waals surface area contributed by atoms with Gasteiger partial charge in [0, 0.05) is 12.8 Å². The summed E-state index contributed by atoms with van der Waals surface area (Å²) in [4.78, 5) is 1.14. The highest BCUT2D eigenvalue weighted by Crippen LogP contribution is 2.27. The summed E-state index contributed by atoms with van der Waals surface area (Å²) in [5.74, 6) is 1.85. The molecule has 0 bridgehead atoms. The van der Waals surface area contributed by atoms with Crippen molar-refractivity contribution >= 4 is 17.0 Å². The fourth-order valence-electron chi connectivity index (χ4n) is 3.03. The lowest BCUT2D eigenvalue weighted by molar-refractivity contribution is 0.357. The van der Waals surface area contributed by atoms with Crippen LogP contribution < -0.4 is 4.74 Å². The molecule has 0 N–H and O–H groups in total. The maximum absolute atomic E-state index is 5.57. The standard InChI is InChI=1S/C18H14N4OS/c1-2-16(24-9-1)14-4-6-17-19-20-18(22(17)21-14)11-12-3-5-15-13(10-12)7-8-23-15/h1-6,9-10H,7-8,11H2. The minimum absolute atomic E-state index is 0.704. The average Bonchev–Trinajstić information content (AvgIpc) is 3.35. The molecule has 3 aromatic heterocycles. The van der Waals surface area contributed by atoms with Gasteiger partial charge in [0.15, 0.2) is 11.5 Å². The van der Waals surface area contributed by atoms with E-state index in [1.54, 1.807) is 11.3 Å². The SMILES string of the molecule is c1csc(-c2ccc3nnc(Cc4ccc5c(c4)CCO5)n3n2)c1. The van der Waals surface area contributed by atoms with Crippen LogP contribution in [-0.2, 0) is 12.8 Å². The number of rotatable bonds is 3. The Morgan fingerprint density at radius 1 is 1.12 bits per heavy atom. The predicted octanol–water partition coefficient (Wildman–Crippen LogP) is 3.38. The topological polar surface area (TPSA) is 52.3 Å². The molecule has 5 rings (SSSR count). The van der Waals surface area contributed by atoms with Crippen LogP contribution in [0.2, 0.25) is 0 Å². The fraction of sp³-hybridized carbons (Fsp3) is 0.167. The molecule has 0 saturated heterocycles. The molecule has 0 amide bonds. The second kappa shape index (κ2) is 5.42. The first-order chi connectivity index (χ1) is 11.9. The minimum atomic E-state index is 0.704. The van der Waals surface area contributed by atoms with Crippen molar-refractivity contribution < 1.29 is 4.74 Å². The Hall–Kier alpha value is -2.73. The van der Waals surface area contributed by atoms with Gasteiger partial charge in [-0.2, -0.15) is 9.61 Å². The van der Waals surface area contributed by atoms with Crippen molar-refractivity contribution in [2.75, 3.05) is 6.61 Å². The summed E-state index contributed by atoms with van der Waals surface area (Å²) in [6, 6.07) is 14.4. The van der Waals surface area contributed by atoms with Crippen LogP contribution in [0.5, 0.6) is 5.75 Å². The molecule has 1 aliphatic heterocycles. The number of fused-ring (bicyclic) bond motifs is 2. The molecule has 1 aliphatic rings. The van der Waals surface area contributed by atoms with Crippen LogP contribution in [0.4, 0.5) is 0 Å². The third-order valence-corrected chi connectivity index (χ3v) is 5.11. The molecule has 24 heavy (non-hydrogen) atoms. The highest BCUT2D eigenvalue weighted by Gasteiger charge is 2.14. The number of ether oxygens (including phenoxy) is 1. The van der Waals surface area contributed by atoms with Crippen LogP contribution in [0.1, 0.15) is 17.0 Å². The monoisotopic (exact) mass is 334 g/mol. The molecule has 0 unspecified atom stereocenters. The normalized spacial score (nSPS) is 13.2. The summed E-state index contributed by atoms with van der Waals surface area (Å²) in [7, 11) is 0. The average molecular weight is 334 g/mol. The van der Waals surface area contributed by atoms with Crippen molar-refractivity contribution in [3.8, 4) is 16.3 Å². The number of hydrogen-bond donors (Lipinski definition) is 0. The number of thiophene rings is 1. The van der Waals surface area contributed by atoms with Gasteiger partial charge in [0.05, 0.1) is 11.5 Å². The summed E-state index contributed by atoms with van der Waals surface area (Å²) in [6.45, 7) is 0.776. The lowest BCUT2D eigenvalue weighted by Crippen LogP contribution is -2.01. The first kappa shape index (κ1) is 13.7. The number of nitrogens with zero attached hydrogens (tertiary/aromatic N) is 4. The van der Waals surface area contributed by atoms with E-state index in [2.05, 4.69) is 33.8 Å². The van der Waals surface area contributed by atoms with Crippen molar-refractivity contribution in [2.45, 2.75) is 12.8 Å². The van der Waals surface area contributed by atoms with Crippen molar-refractivity contribution in [1.29, 1.82) is 0 Å². The summed E-state index contributed by atoms with van der Waals surface area (Å²) in [5, 5.41) is 15.3. The van der Waals surface area contributed by atoms with E-state index in [1.165, 1.54) is 11.1 Å². The van der Waals surface area contributed by atoms with E-state index in [1.807, 2.05) is 28.8 Å². The molecule has 0 spiro atoms. The first-order valence-corrected chi connectivity index (χ1v) is 8.75. The van der Waals surface area contributed by atoms with E-state index in [0.717, 1.165) is 40.8 Å². The van der Waals surface area contributed by atoms with Crippen LogP contribution in [0.15, 0.2) is 47.8 Å². The molecule has 5 nitrogen and oxygen atoms in total. The quantitative estimate of drug-likeness (QED) is 0.576. The molecule has 6 heteroatoms. The van der Waals surface area contributed by atoms with E-state index >= 15 is 0 Å². The molecule has 0 atom stereocenters. The molecule has 0 fully saturated rings. The second-order valence-electron chi connectivity index (χ2n) is 5.80. The molecule has 118 valence electrons. The van der Waals surface area contributed by atoms with Gasteiger partial charge in [0.2, 0.25) is 0 Å². The van der Waals surface area contributed by atoms with Gasteiger partial charge in [-0.15, -0.1) is 21.5 Å². The maximum Gasteiger partial charge on any atom is 0.177 e. The van der Waals surface area contributed by atoms with Gasteiger partial charge in [0.1, 0.15) is 11.4 Å². The van der Waals surface area contributed by atoms with E-state index in [-0.39, 0.29) is 0 Å². The largest absolute Gasteiger partial charge is 0.493 e. The van der Waals surface area contributed by atoms with Gasteiger partial charge in [0.25, 0.3) is 0 Å². The lowest BCUT2D eigenvalue weighted by atomic mass is 10.1. The minimum Gasteiger partial charge on any atom is -0.493 e. The molecule has 0 radical (unpaired) electrons. The van der Waals surface area contributed by atoms with E-state index in [4.69, 9.17) is 9.84 Å². The van der Waals surface area contributed by atoms with Gasteiger partial charge < -0.3 is 4.74 Å². The highest BCUT2D eigenvalue weighted by atomic mass is 32.1. The highest BCUT2D eigenvalue weighted by molar-refractivity contribution is 7.13. The van der Waals surface area contributed by atoms with Gasteiger partial charge >= 0.3 is 0 Å². The summed E-state index contributed by atoms with van der Waals surface area (Å²) in [5.41, 5.74) is 4.20. The van der Waals surface area contributed by atoms with Crippen LogP contribution in [0.3, 0.4) is 0 Å². The molecular formula is C18H14N4OS. The Morgan fingerprint density at radius 3 is 3.04 bits per heavy atom. The van der Waals surface area contributed by atoms with E-state index < -0.39 is 0 Å². The third kappa shape index (κ3) is 2.27. The maximum atomic E-state index is 5.57. The van der Waals surface area contributed by atoms with Gasteiger partial charge in [-0.25, -0.2) is 0 Å². The summed E-state index contributed by atoms with van der Waals surface area (Å²) < 4.78 is 7.42. The van der Waals surface area contributed by atoms with Crippen LogP contribution in [0, 0.1) is 0 Å². The van der Waals surface area contributed by atoms with Gasteiger partial charge in [-0.05, 0) is 40.8 Å². The van der Waals surface area contributed by atoms with Gasteiger partial charge in [-0.3, -0.25) is 0 Å². The van der Waals surface area contributed by atoms with Crippen molar-refractivity contribution in [3.05, 3.63) is 64.8 Å².